The molecule has 0 saturated carbocycles. The van der Waals surface area contributed by atoms with E-state index in [0.29, 0.717) is 25.9 Å². The maximum absolute atomic E-state index is 13.0. The number of aryl methyl sites for hydroxylation is 1. The molecule has 1 aromatic heterocycles. The molecule has 1 saturated heterocycles. The highest BCUT2D eigenvalue weighted by Gasteiger charge is 2.26. The quantitative estimate of drug-likeness (QED) is 0.708. The van der Waals surface area contributed by atoms with Gasteiger partial charge in [0, 0.05) is 56.6 Å². The van der Waals surface area contributed by atoms with Gasteiger partial charge in [-0.25, -0.2) is 4.79 Å². The number of fused-ring (bicyclic) bond motifs is 1. The van der Waals surface area contributed by atoms with Gasteiger partial charge in [0.25, 0.3) is 0 Å². The van der Waals surface area contributed by atoms with Gasteiger partial charge >= 0.3 is 6.09 Å². The number of aromatic nitrogens is 1. The molecule has 0 radical (unpaired) electrons. The predicted octanol–water partition coefficient (Wildman–Crippen LogP) is 2.35. The van der Waals surface area contributed by atoms with Gasteiger partial charge in [-0.3, -0.25) is 9.59 Å². The van der Waals surface area contributed by atoms with Gasteiger partial charge in [-0.05, 0) is 38.8 Å². The number of hydrogen-bond donors (Lipinski definition) is 2. The van der Waals surface area contributed by atoms with E-state index in [9.17, 15) is 14.4 Å². The van der Waals surface area contributed by atoms with Crippen molar-refractivity contribution in [3.8, 4) is 0 Å². The molecule has 2 N–H and O–H groups in total. The van der Waals surface area contributed by atoms with Crippen LogP contribution in [0.3, 0.4) is 0 Å². The summed E-state index contributed by atoms with van der Waals surface area (Å²) in [6.07, 6.45) is 3.09. The second-order valence-corrected chi connectivity index (χ2v) is 8.96. The van der Waals surface area contributed by atoms with Crippen molar-refractivity contribution in [3.05, 3.63) is 36.0 Å². The second kappa shape index (κ2) is 9.41. The highest BCUT2D eigenvalue weighted by Crippen LogP contribution is 2.22. The minimum absolute atomic E-state index is 0.119. The van der Waals surface area contributed by atoms with E-state index < -0.39 is 17.7 Å². The van der Waals surface area contributed by atoms with Crippen LogP contribution in [-0.2, 0) is 27.8 Å². The van der Waals surface area contributed by atoms with E-state index in [2.05, 4.69) is 10.6 Å². The summed E-state index contributed by atoms with van der Waals surface area (Å²) < 4.78 is 7.37. The average Bonchev–Trinajstić information content (AvgIpc) is 3.23. The van der Waals surface area contributed by atoms with Gasteiger partial charge in [-0.1, -0.05) is 18.2 Å². The summed E-state index contributed by atoms with van der Waals surface area (Å²) in [5.41, 5.74) is 1.35. The van der Waals surface area contributed by atoms with Crippen LogP contribution in [0, 0.1) is 0 Å². The third kappa shape index (κ3) is 5.99. The van der Waals surface area contributed by atoms with Crippen LogP contribution in [-0.4, -0.2) is 58.7 Å². The van der Waals surface area contributed by atoms with Crippen molar-refractivity contribution in [3.63, 3.8) is 0 Å². The molecule has 3 rings (SSSR count). The first-order chi connectivity index (χ1) is 14.6. The van der Waals surface area contributed by atoms with Gasteiger partial charge in [0.1, 0.15) is 11.6 Å². The summed E-state index contributed by atoms with van der Waals surface area (Å²) in [4.78, 5) is 38.9. The number of amides is 3. The molecule has 8 heteroatoms. The molecule has 1 fully saturated rings. The summed E-state index contributed by atoms with van der Waals surface area (Å²) in [5, 5.41) is 6.62. The summed E-state index contributed by atoms with van der Waals surface area (Å²) in [6, 6.07) is 7.15. The molecule has 31 heavy (non-hydrogen) atoms. The van der Waals surface area contributed by atoms with Crippen LogP contribution in [0.5, 0.6) is 0 Å². The van der Waals surface area contributed by atoms with Crippen LogP contribution in [0.1, 0.15) is 39.2 Å². The van der Waals surface area contributed by atoms with E-state index in [0.717, 1.165) is 29.4 Å². The molecule has 1 unspecified atom stereocenters. The maximum Gasteiger partial charge on any atom is 0.408 e. The number of hydrogen-bond acceptors (Lipinski definition) is 4. The lowest BCUT2D eigenvalue weighted by molar-refractivity contribution is -0.128. The Labute approximate surface area is 182 Å². The molecule has 3 amide bonds. The van der Waals surface area contributed by atoms with E-state index in [4.69, 9.17) is 4.74 Å². The minimum Gasteiger partial charge on any atom is -0.444 e. The van der Waals surface area contributed by atoms with Crippen molar-refractivity contribution in [2.75, 3.05) is 19.6 Å². The van der Waals surface area contributed by atoms with Crippen LogP contribution in [0.4, 0.5) is 4.79 Å². The Bertz CT molecular complexity index is 960. The first-order valence-electron chi connectivity index (χ1n) is 10.7. The fourth-order valence-corrected chi connectivity index (χ4v) is 3.84. The largest absolute Gasteiger partial charge is 0.444 e. The number of carbonyl (C=O) groups is 3. The van der Waals surface area contributed by atoms with E-state index in [1.54, 1.807) is 25.7 Å². The van der Waals surface area contributed by atoms with Crippen molar-refractivity contribution in [2.24, 2.45) is 7.05 Å². The highest BCUT2D eigenvalue weighted by atomic mass is 16.6. The van der Waals surface area contributed by atoms with Crippen molar-refractivity contribution >= 4 is 28.8 Å². The molecule has 1 atom stereocenters. The van der Waals surface area contributed by atoms with Gasteiger partial charge in [-0.2, -0.15) is 0 Å². The summed E-state index contributed by atoms with van der Waals surface area (Å²) >= 11 is 0. The number of ether oxygens (including phenoxy) is 1. The van der Waals surface area contributed by atoms with Gasteiger partial charge in [-0.15, -0.1) is 0 Å². The number of likely N-dealkylation sites (tertiary alicyclic amines) is 1. The van der Waals surface area contributed by atoms with Crippen LogP contribution >= 0.6 is 0 Å². The Morgan fingerprint density at radius 1 is 1.23 bits per heavy atom. The molecule has 0 aliphatic carbocycles. The molecule has 8 nitrogen and oxygen atoms in total. The lowest BCUT2D eigenvalue weighted by Gasteiger charge is -2.24. The zero-order valence-corrected chi connectivity index (χ0v) is 18.7. The van der Waals surface area contributed by atoms with Crippen LogP contribution in [0.15, 0.2) is 30.5 Å². The minimum atomic E-state index is -0.796. The van der Waals surface area contributed by atoms with E-state index >= 15 is 0 Å². The number of rotatable bonds is 7. The number of nitrogens with zero attached hydrogens (tertiary/aromatic N) is 2. The van der Waals surface area contributed by atoms with Gasteiger partial charge in [0.15, 0.2) is 0 Å². The number of alkyl carbamates (subject to hydrolysis) is 1. The maximum atomic E-state index is 13.0. The summed E-state index contributed by atoms with van der Waals surface area (Å²) in [6.45, 7) is 6.87. The number of para-hydroxylation sites is 1. The monoisotopic (exact) mass is 428 g/mol. The topological polar surface area (TPSA) is 92.7 Å². The Morgan fingerprint density at radius 2 is 1.97 bits per heavy atom. The number of nitrogens with one attached hydrogen (secondary N) is 2. The molecule has 0 bridgehead atoms. The van der Waals surface area contributed by atoms with Crippen molar-refractivity contribution in [2.45, 2.75) is 51.7 Å². The zero-order valence-electron chi connectivity index (χ0n) is 18.7. The average molecular weight is 429 g/mol. The summed E-state index contributed by atoms with van der Waals surface area (Å²) in [7, 11) is 1.95. The van der Waals surface area contributed by atoms with Crippen molar-refractivity contribution in [1.29, 1.82) is 0 Å². The lowest BCUT2D eigenvalue weighted by Crippen LogP contribution is -2.50. The van der Waals surface area contributed by atoms with E-state index in [-0.39, 0.29) is 11.8 Å². The fourth-order valence-electron chi connectivity index (χ4n) is 3.84. The Morgan fingerprint density at radius 3 is 2.65 bits per heavy atom. The predicted molar refractivity (Wildman–Crippen MR) is 119 cm³/mol. The Balaban J connectivity index is 1.71. The molecular weight excluding hydrogens is 396 g/mol. The molecule has 1 aliphatic heterocycles. The molecule has 2 heterocycles. The van der Waals surface area contributed by atoms with Crippen LogP contribution in [0.2, 0.25) is 0 Å². The molecule has 1 aromatic carbocycles. The Kier molecular flexibility index (Phi) is 6.87. The highest BCUT2D eigenvalue weighted by molar-refractivity contribution is 5.88. The SMILES string of the molecule is Cn1cc(CC(NC(=O)OC(C)(C)C)C(=O)NCCN2CCCC2=O)c2ccccc21. The van der Waals surface area contributed by atoms with Crippen molar-refractivity contribution in [1.82, 2.24) is 20.1 Å². The van der Waals surface area contributed by atoms with E-state index in [1.165, 1.54) is 0 Å². The molecule has 168 valence electrons. The van der Waals surface area contributed by atoms with Gasteiger partial charge < -0.3 is 24.8 Å². The third-order valence-electron chi connectivity index (χ3n) is 5.26. The summed E-state index contributed by atoms with van der Waals surface area (Å²) in [5.74, 6) is -0.182. The molecule has 0 spiro atoms. The number of benzene rings is 1. The first-order valence-corrected chi connectivity index (χ1v) is 10.7. The van der Waals surface area contributed by atoms with Gasteiger partial charge in [0.2, 0.25) is 11.8 Å². The molecule has 2 aromatic rings. The second-order valence-electron chi connectivity index (χ2n) is 8.96. The Hall–Kier alpha value is -3.03. The van der Waals surface area contributed by atoms with Gasteiger partial charge in [0.05, 0.1) is 0 Å². The smallest absolute Gasteiger partial charge is 0.408 e. The molecular formula is C23H32N4O4. The normalized spacial score (nSPS) is 15.2. The molecule has 1 aliphatic rings. The lowest BCUT2D eigenvalue weighted by atomic mass is 10.0. The van der Waals surface area contributed by atoms with Crippen molar-refractivity contribution < 1.29 is 19.1 Å². The van der Waals surface area contributed by atoms with Crippen LogP contribution in [0.25, 0.3) is 10.9 Å². The number of carbonyl (C=O) groups excluding carboxylic acids is 3. The zero-order chi connectivity index (χ0) is 22.6. The van der Waals surface area contributed by atoms with Crippen LogP contribution < -0.4 is 10.6 Å². The standard InChI is InChI=1S/C23H32N4O4/c1-23(2,3)31-22(30)25-18(21(29)24-11-13-27-12-7-10-20(27)28)14-16-15-26(4)19-9-6-5-8-17(16)19/h5-6,8-9,15,18H,7,10-14H2,1-4H3,(H,24,29)(H,25,30). The van der Waals surface area contributed by atoms with E-state index in [1.807, 2.05) is 42.1 Å². The third-order valence-corrected chi connectivity index (χ3v) is 5.26. The first kappa shape index (κ1) is 22.7. The fraction of sp³-hybridized carbons (Fsp3) is 0.522.